The molecule has 342 valence electrons. The highest BCUT2D eigenvalue weighted by atomic mass is 32.2. The Morgan fingerprint density at radius 3 is 2.32 bits per heavy atom. The van der Waals surface area contributed by atoms with Crippen LogP contribution in [0, 0.1) is 29.6 Å². The van der Waals surface area contributed by atoms with E-state index in [4.69, 9.17) is 4.74 Å². The minimum atomic E-state index is -4.51. The number of rotatable bonds is 13. The van der Waals surface area contributed by atoms with E-state index in [1.807, 2.05) is 40.7 Å². The molecule has 0 bridgehead atoms. The monoisotopic (exact) mass is 892 g/mol. The van der Waals surface area contributed by atoms with Gasteiger partial charge in [-0.3, -0.25) is 19.2 Å². The Bertz CT molecular complexity index is 2310. The fraction of sp³-hybridized carbons (Fsp3) is 0.479. The Hall–Kier alpha value is -5.31. The number of nitrogens with one attached hydrogen (secondary N) is 3. The van der Waals surface area contributed by atoms with E-state index < -0.39 is 40.2 Å². The van der Waals surface area contributed by atoms with Crippen LogP contribution in [0.25, 0.3) is 15.8 Å². The van der Waals surface area contributed by atoms with Crippen molar-refractivity contribution in [3.8, 4) is 5.75 Å². The average Bonchev–Trinajstić information content (AvgIpc) is 4.09. The fourth-order valence-electron chi connectivity index (χ4n) is 7.53. The molecular formula is C48H63F3N6O5S. The number of aryl methyl sites for hydroxylation is 1. The summed E-state index contributed by atoms with van der Waals surface area (Å²) in [6, 6.07) is 8.37. The number of ether oxygens (including phenoxy) is 1. The molecule has 15 heteroatoms. The Labute approximate surface area is 373 Å². The molecule has 63 heavy (non-hydrogen) atoms. The van der Waals surface area contributed by atoms with Crippen LogP contribution in [0.4, 0.5) is 18.9 Å². The number of methoxy groups -OCH3 is 1. The van der Waals surface area contributed by atoms with E-state index in [1.54, 1.807) is 37.1 Å². The number of allylic oxidation sites excluding steroid dienone is 1. The van der Waals surface area contributed by atoms with Crippen LogP contribution in [-0.4, -0.2) is 65.5 Å². The number of carbonyl (C=O) groups is 3. The number of thioether (sulfide) groups is 1. The van der Waals surface area contributed by atoms with E-state index in [0.29, 0.717) is 37.1 Å². The summed E-state index contributed by atoms with van der Waals surface area (Å²) in [5.41, 5.74) is 1.10. The van der Waals surface area contributed by atoms with Crippen molar-refractivity contribution in [2.45, 2.75) is 111 Å². The first kappa shape index (κ1) is 50.3. The molecule has 3 fully saturated rings. The van der Waals surface area contributed by atoms with Crippen LogP contribution < -0.4 is 26.6 Å². The number of ketones is 1. The summed E-state index contributed by atoms with van der Waals surface area (Å²) in [5, 5.41) is 11.5. The SMILES string of the molecule is C=C(S/C=C(\C)C(C)C)c1cc(=O)c2ccc(OC)c(C)c2[nH]1.C=CC1C[C@]1(NC(=O)C1CCCN1C(=O)C(Nc1cccc(C(F)(F)F)c1)C(C)(C)C)C(=O)C1(C)CC1.C=NN. The third-order valence-electron chi connectivity index (χ3n) is 12.1. The number of hydrazone groups is 1. The number of benzene rings is 2. The summed E-state index contributed by atoms with van der Waals surface area (Å²) in [5.74, 6) is 4.81. The van der Waals surface area contributed by atoms with Crippen LogP contribution in [0.15, 0.2) is 82.6 Å². The maximum absolute atomic E-state index is 13.8. The number of nitrogens with two attached hydrogens (primary N) is 1. The number of fused-ring (bicyclic) bond motifs is 1. The lowest BCUT2D eigenvalue weighted by molar-refractivity contribution is -0.142. The van der Waals surface area contributed by atoms with E-state index in [0.717, 1.165) is 52.4 Å². The topological polar surface area (TPSA) is 159 Å². The number of amides is 2. The number of carbonyl (C=O) groups excluding carboxylic acids is 3. The second-order valence-electron chi connectivity index (χ2n) is 18.2. The number of Topliss-reactive ketones (excluding diaryl/α,β-unsaturated/α-hetero) is 1. The van der Waals surface area contributed by atoms with Gasteiger partial charge in [-0.1, -0.05) is 77.6 Å². The highest BCUT2D eigenvalue weighted by Gasteiger charge is 2.66. The Morgan fingerprint density at radius 1 is 1.13 bits per heavy atom. The number of hydrogen-bond acceptors (Lipinski definition) is 9. The highest BCUT2D eigenvalue weighted by Crippen LogP contribution is 2.56. The minimum Gasteiger partial charge on any atom is -0.496 e. The van der Waals surface area contributed by atoms with Crippen LogP contribution in [0.5, 0.6) is 5.75 Å². The zero-order chi connectivity index (χ0) is 47.2. The van der Waals surface area contributed by atoms with Crippen molar-refractivity contribution in [1.82, 2.24) is 15.2 Å². The van der Waals surface area contributed by atoms with Gasteiger partial charge in [0.1, 0.15) is 23.4 Å². The molecule has 3 aromatic rings. The molecule has 1 saturated heterocycles. The van der Waals surface area contributed by atoms with Crippen molar-refractivity contribution in [2.75, 3.05) is 19.0 Å². The number of aromatic nitrogens is 1. The number of nitrogens with zero attached hydrogens (tertiary/aromatic N) is 2. The van der Waals surface area contributed by atoms with E-state index in [-0.39, 0.29) is 34.6 Å². The number of anilines is 1. The van der Waals surface area contributed by atoms with Crippen LogP contribution >= 0.6 is 11.8 Å². The van der Waals surface area contributed by atoms with Crippen LogP contribution in [0.2, 0.25) is 0 Å². The van der Waals surface area contributed by atoms with Gasteiger partial charge in [-0.2, -0.15) is 18.3 Å². The molecule has 0 radical (unpaired) electrons. The first-order valence-corrected chi connectivity index (χ1v) is 21.9. The number of likely N-dealkylation sites (tertiary alicyclic amines) is 1. The van der Waals surface area contributed by atoms with Crippen molar-refractivity contribution < 1.29 is 32.3 Å². The van der Waals surface area contributed by atoms with Crippen molar-refractivity contribution in [1.29, 1.82) is 0 Å². The van der Waals surface area contributed by atoms with Gasteiger partial charge < -0.3 is 31.1 Å². The van der Waals surface area contributed by atoms with E-state index >= 15 is 0 Å². The zero-order valence-corrected chi connectivity index (χ0v) is 38.7. The minimum absolute atomic E-state index is 0.00851. The van der Waals surface area contributed by atoms with Gasteiger partial charge in [-0.05, 0) is 93.0 Å². The second kappa shape index (κ2) is 20.0. The van der Waals surface area contributed by atoms with Crippen molar-refractivity contribution in [3.05, 3.63) is 99.7 Å². The highest BCUT2D eigenvalue weighted by molar-refractivity contribution is 8.10. The number of aromatic amines is 1. The largest absolute Gasteiger partial charge is 0.496 e. The molecule has 2 aromatic carbocycles. The smallest absolute Gasteiger partial charge is 0.416 e. The molecule has 4 atom stereocenters. The third kappa shape index (κ3) is 11.8. The Morgan fingerprint density at radius 2 is 1.78 bits per heavy atom. The quantitative estimate of drug-likeness (QED) is 0.0572. The van der Waals surface area contributed by atoms with Gasteiger partial charge in [-0.25, -0.2) is 0 Å². The molecule has 11 nitrogen and oxygen atoms in total. The Balaban J connectivity index is 0.000000287. The fourth-order valence-corrected chi connectivity index (χ4v) is 8.37. The first-order valence-electron chi connectivity index (χ1n) is 21.0. The molecule has 6 rings (SSSR count). The lowest BCUT2D eigenvalue weighted by Gasteiger charge is -2.36. The van der Waals surface area contributed by atoms with Gasteiger partial charge in [0.15, 0.2) is 11.2 Å². The van der Waals surface area contributed by atoms with Gasteiger partial charge in [0.2, 0.25) is 11.8 Å². The van der Waals surface area contributed by atoms with Gasteiger partial charge in [0, 0.05) is 52.2 Å². The van der Waals surface area contributed by atoms with E-state index in [9.17, 15) is 32.3 Å². The predicted molar refractivity (Wildman–Crippen MR) is 249 cm³/mol. The van der Waals surface area contributed by atoms with E-state index in [2.05, 4.69) is 72.6 Å². The number of alkyl halides is 3. The summed E-state index contributed by atoms with van der Waals surface area (Å²) in [6.45, 7) is 26.9. The molecule has 1 aromatic heterocycles. The molecule has 2 heterocycles. The lowest BCUT2D eigenvalue weighted by atomic mass is 9.85. The van der Waals surface area contributed by atoms with Gasteiger partial charge in [0.05, 0.1) is 23.9 Å². The van der Waals surface area contributed by atoms with Crippen molar-refractivity contribution >= 4 is 57.6 Å². The maximum Gasteiger partial charge on any atom is 0.416 e. The second-order valence-corrected chi connectivity index (χ2v) is 19.2. The molecule has 0 spiro atoms. The van der Waals surface area contributed by atoms with Crippen LogP contribution in [0.3, 0.4) is 0 Å². The van der Waals surface area contributed by atoms with Crippen LogP contribution in [-0.2, 0) is 20.6 Å². The summed E-state index contributed by atoms with van der Waals surface area (Å²) in [4.78, 5) is 58.6. The first-order chi connectivity index (χ1) is 29.4. The molecule has 2 saturated carbocycles. The summed E-state index contributed by atoms with van der Waals surface area (Å²) in [6.07, 6.45) is 0.390. The number of H-pyrrole nitrogens is 1. The van der Waals surface area contributed by atoms with Crippen molar-refractivity contribution in [3.63, 3.8) is 0 Å². The normalized spacial score (nSPS) is 20.6. The summed E-state index contributed by atoms with van der Waals surface area (Å²) in [7, 11) is 1.63. The molecule has 2 amide bonds. The number of halogens is 3. The van der Waals surface area contributed by atoms with Gasteiger partial charge in [0.25, 0.3) is 0 Å². The Kier molecular flexibility index (Phi) is 16.0. The maximum atomic E-state index is 13.8. The molecule has 3 unspecified atom stereocenters. The van der Waals surface area contributed by atoms with Gasteiger partial charge >= 0.3 is 6.18 Å². The summed E-state index contributed by atoms with van der Waals surface area (Å²) >= 11 is 1.54. The predicted octanol–water partition coefficient (Wildman–Crippen LogP) is 9.62. The van der Waals surface area contributed by atoms with E-state index in [1.165, 1.54) is 22.6 Å². The molecule has 5 N–H and O–H groups in total. The molecule has 3 aliphatic rings. The summed E-state index contributed by atoms with van der Waals surface area (Å²) < 4.78 is 45.0. The number of hydrogen-bond donors (Lipinski definition) is 4. The molecular weight excluding hydrogens is 830 g/mol. The van der Waals surface area contributed by atoms with Gasteiger partial charge in [-0.15, -0.1) is 6.58 Å². The molecule has 1 aliphatic heterocycles. The zero-order valence-electron chi connectivity index (χ0n) is 37.9. The third-order valence-corrected chi connectivity index (χ3v) is 13.1. The molecule has 2 aliphatic carbocycles. The average molecular weight is 893 g/mol. The lowest BCUT2D eigenvalue weighted by Crippen LogP contribution is -2.57. The van der Waals surface area contributed by atoms with Crippen LogP contribution in [0.1, 0.15) is 97.4 Å². The van der Waals surface area contributed by atoms with Crippen molar-refractivity contribution in [2.24, 2.45) is 33.6 Å². The number of pyridine rings is 1. The standard InChI is InChI=1S/C28H36F3N3O3.C19H23NO2S.CH4N2/c1-6-17-16-27(17,24(37)26(5)12-13-26)33-22(35)20-11-8-14-34(20)23(36)21(25(2,3)4)32-19-10-7-9-18(15-19)28(29,30)31;1-11(2)12(3)10-23-14(5)16-9-17(21)15-7-8-18(22-6)13(4)19(15)20-16;1-3-2/h6-7,9-10,15,17,20-21,32H,1,8,11-14,16H2,2-5H3,(H,33,35);7-11H,5H2,1-4,6H3,(H,20,21);1-2H2/b;12-10+;/t17?,20?,21?,27-;;/m1../s1.